The molecule has 2 aliphatic rings. The second-order valence-corrected chi connectivity index (χ2v) is 7.48. The molecule has 1 saturated carbocycles. The predicted molar refractivity (Wildman–Crippen MR) is 103 cm³/mol. The molecule has 1 heterocycles. The van der Waals surface area contributed by atoms with E-state index >= 15 is 0 Å². The molecule has 0 radical (unpaired) electrons. The minimum Gasteiger partial charge on any atom is -0.497 e. The van der Waals surface area contributed by atoms with E-state index in [0.717, 1.165) is 55.3 Å². The summed E-state index contributed by atoms with van der Waals surface area (Å²) < 4.78 is 10.8. The molecule has 0 spiro atoms. The molecule has 1 aliphatic carbocycles. The summed E-state index contributed by atoms with van der Waals surface area (Å²) in [6, 6.07) is 5.98. The fourth-order valence-electron chi connectivity index (χ4n) is 4.41. The molecular formula is C21H32N2O3. The van der Waals surface area contributed by atoms with Crippen LogP contribution < -0.4 is 14.8 Å². The summed E-state index contributed by atoms with van der Waals surface area (Å²) in [7, 11) is 3.32. The third-order valence-electron chi connectivity index (χ3n) is 5.85. The molecule has 144 valence electrons. The number of hydrogen-bond donors (Lipinski definition) is 1. The molecule has 2 fully saturated rings. The predicted octanol–water partition coefficient (Wildman–Crippen LogP) is 4.52. The average molecular weight is 360 g/mol. The van der Waals surface area contributed by atoms with Crippen molar-refractivity contribution in [2.75, 3.05) is 27.3 Å². The van der Waals surface area contributed by atoms with Crippen molar-refractivity contribution in [3.8, 4) is 11.5 Å². The highest BCUT2D eigenvalue weighted by atomic mass is 16.5. The lowest BCUT2D eigenvalue weighted by molar-refractivity contribution is 0.191. The lowest BCUT2D eigenvalue weighted by atomic mass is 10.0. The first kappa shape index (κ1) is 18.9. The van der Waals surface area contributed by atoms with E-state index in [0.29, 0.717) is 0 Å². The topological polar surface area (TPSA) is 50.8 Å². The zero-order valence-corrected chi connectivity index (χ0v) is 16.1. The third kappa shape index (κ3) is 4.43. The van der Waals surface area contributed by atoms with Crippen LogP contribution in [0.1, 0.15) is 63.0 Å². The lowest BCUT2D eigenvalue weighted by Gasteiger charge is -2.27. The Morgan fingerprint density at radius 1 is 1.15 bits per heavy atom. The van der Waals surface area contributed by atoms with Gasteiger partial charge in [-0.1, -0.05) is 25.7 Å². The third-order valence-corrected chi connectivity index (χ3v) is 5.85. The maximum absolute atomic E-state index is 12.7. The Bertz CT molecular complexity index is 599. The number of likely N-dealkylation sites (tertiary alicyclic amines) is 1. The quantitative estimate of drug-likeness (QED) is 0.727. The van der Waals surface area contributed by atoms with Crippen LogP contribution in [0.25, 0.3) is 0 Å². The Morgan fingerprint density at radius 2 is 1.96 bits per heavy atom. The van der Waals surface area contributed by atoms with Crippen LogP contribution in [0.3, 0.4) is 0 Å². The van der Waals surface area contributed by atoms with Gasteiger partial charge in [0, 0.05) is 24.7 Å². The van der Waals surface area contributed by atoms with Crippen molar-refractivity contribution in [2.45, 2.75) is 57.4 Å². The largest absolute Gasteiger partial charge is 0.497 e. The molecule has 3 rings (SSSR count). The molecule has 1 aromatic rings. The molecule has 5 nitrogen and oxygen atoms in total. The number of carbonyl (C=O) groups excluding carboxylic acids is 1. The van der Waals surface area contributed by atoms with E-state index in [1.165, 1.54) is 32.1 Å². The monoisotopic (exact) mass is 360 g/mol. The minimum atomic E-state index is 0.0526. The van der Waals surface area contributed by atoms with Gasteiger partial charge in [-0.3, -0.25) is 0 Å². The summed E-state index contributed by atoms with van der Waals surface area (Å²) in [6.45, 7) is 1.58. The lowest BCUT2D eigenvalue weighted by Crippen LogP contribution is -2.40. The van der Waals surface area contributed by atoms with E-state index in [2.05, 4.69) is 5.32 Å². The molecule has 1 N–H and O–H groups in total. The Kier molecular flexibility index (Phi) is 6.64. The van der Waals surface area contributed by atoms with Crippen molar-refractivity contribution in [3.05, 3.63) is 23.8 Å². The zero-order chi connectivity index (χ0) is 18.4. The summed E-state index contributed by atoms with van der Waals surface area (Å²) in [5.74, 6) is 2.44. The van der Waals surface area contributed by atoms with Crippen LogP contribution in [-0.2, 0) is 0 Å². The van der Waals surface area contributed by atoms with Crippen molar-refractivity contribution in [1.29, 1.82) is 0 Å². The van der Waals surface area contributed by atoms with Crippen LogP contribution in [0.2, 0.25) is 0 Å². The van der Waals surface area contributed by atoms with E-state index in [9.17, 15) is 4.79 Å². The van der Waals surface area contributed by atoms with Gasteiger partial charge in [0.2, 0.25) is 0 Å². The summed E-state index contributed by atoms with van der Waals surface area (Å²) in [6.07, 6.45) is 9.84. The van der Waals surface area contributed by atoms with Crippen molar-refractivity contribution < 1.29 is 14.3 Å². The fraction of sp³-hybridized carbons (Fsp3) is 0.667. The molecule has 1 aliphatic heterocycles. The maximum atomic E-state index is 12.7. The average Bonchev–Trinajstić information content (AvgIpc) is 3.36. The number of amides is 2. The van der Waals surface area contributed by atoms with Gasteiger partial charge in [0.1, 0.15) is 11.5 Å². The molecule has 1 aromatic carbocycles. The number of nitrogens with zero attached hydrogens (tertiary/aromatic N) is 1. The molecule has 1 atom stereocenters. The molecule has 0 aromatic heterocycles. The van der Waals surface area contributed by atoms with Gasteiger partial charge in [0.25, 0.3) is 0 Å². The van der Waals surface area contributed by atoms with E-state index in [1.54, 1.807) is 14.2 Å². The van der Waals surface area contributed by atoms with Crippen molar-refractivity contribution in [3.63, 3.8) is 0 Å². The van der Waals surface area contributed by atoms with Gasteiger partial charge in [-0.05, 0) is 43.7 Å². The molecule has 1 unspecified atom stereocenters. The van der Waals surface area contributed by atoms with E-state index < -0.39 is 0 Å². The summed E-state index contributed by atoms with van der Waals surface area (Å²) >= 11 is 0. The van der Waals surface area contributed by atoms with Crippen molar-refractivity contribution in [1.82, 2.24) is 10.2 Å². The number of hydrogen-bond acceptors (Lipinski definition) is 3. The maximum Gasteiger partial charge on any atom is 0.317 e. The van der Waals surface area contributed by atoms with E-state index in [4.69, 9.17) is 9.47 Å². The van der Waals surface area contributed by atoms with Crippen LogP contribution in [0.15, 0.2) is 18.2 Å². The Balaban J connectivity index is 1.56. The van der Waals surface area contributed by atoms with Gasteiger partial charge < -0.3 is 19.7 Å². The summed E-state index contributed by atoms with van der Waals surface area (Å²) in [5, 5.41) is 3.13. The minimum absolute atomic E-state index is 0.0526. The van der Waals surface area contributed by atoms with Gasteiger partial charge in [-0.2, -0.15) is 0 Å². The summed E-state index contributed by atoms with van der Waals surface area (Å²) in [4.78, 5) is 14.7. The number of urea groups is 1. The second-order valence-electron chi connectivity index (χ2n) is 7.48. The van der Waals surface area contributed by atoms with Gasteiger partial charge in [-0.25, -0.2) is 4.79 Å². The van der Waals surface area contributed by atoms with Crippen molar-refractivity contribution in [2.24, 2.45) is 5.92 Å². The van der Waals surface area contributed by atoms with Gasteiger partial charge in [0.05, 0.1) is 20.3 Å². The summed E-state index contributed by atoms with van der Waals surface area (Å²) in [5.41, 5.74) is 1.06. The number of benzene rings is 1. The highest BCUT2D eigenvalue weighted by molar-refractivity contribution is 5.75. The number of nitrogens with one attached hydrogen (secondary N) is 1. The van der Waals surface area contributed by atoms with Gasteiger partial charge in [-0.15, -0.1) is 0 Å². The second kappa shape index (κ2) is 9.15. The highest BCUT2D eigenvalue weighted by Gasteiger charge is 2.31. The van der Waals surface area contributed by atoms with E-state index in [1.807, 2.05) is 23.1 Å². The number of ether oxygens (including phenoxy) is 2. The van der Waals surface area contributed by atoms with Crippen molar-refractivity contribution >= 4 is 6.03 Å². The normalized spacial score (nSPS) is 20.4. The van der Waals surface area contributed by atoms with Crippen LogP contribution in [0.5, 0.6) is 11.5 Å². The molecule has 0 bridgehead atoms. The zero-order valence-electron chi connectivity index (χ0n) is 16.1. The first-order chi connectivity index (χ1) is 12.7. The molecule has 26 heavy (non-hydrogen) atoms. The standard InChI is InChI=1S/C21H32N2O3/c1-25-17-11-12-18(20(15-17)26-2)19-10-6-14-23(19)21(24)22-13-5-9-16-7-3-4-8-16/h11-12,15-16,19H,3-10,13-14H2,1-2H3,(H,22,24). The number of carbonyl (C=O) groups is 1. The van der Waals surface area contributed by atoms with Crippen LogP contribution in [0.4, 0.5) is 4.79 Å². The molecule has 5 heteroatoms. The molecular weight excluding hydrogens is 328 g/mol. The SMILES string of the molecule is COc1ccc(C2CCCN2C(=O)NCCCC2CCCC2)c(OC)c1. The van der Waals surface area contributed by atoms with Crippen LogP contribution in [-0.4, -0.2) is 38.2 Å². The van der Waals surface area contributed by atoms with Gasteiger partial charge in [0.15, 0.2) is 0 Å². The van der Waals surface area contributed by atoms with E-state index in [-0.39, 0.29) is 12.1 Å². The Morgan fingerprint density at radius 3 is 2.69 bits per heavy atom. The smallest absolute Gasteiger partial charge is 0.317 e. The van der Waals surface area contributed by atoms with Gasteiger partial charge >= 0.3 is 6.03 Å². The Hall–Kier alpha value is -1.91. The fourth-order valence-corrected chi connectivity index (χ4v) is 4.41. The van der Waals surface area contributed by atoms with Crippen LogP contribution >= 0.6 is 0 Å². The van der Waals surface area contributed by atoms with Crippen LogP contribution in [0, 0.1) is 5.92 Å². The first-order valence-electron chi connectivity index (χ1n) is 9.99. The first-order valence-corrected chi connectivity index (χ1v) is 9.99. The highest BCUT2D eigenvalue weighted by Crippen LogP contribution is 2.38. The molecule has 2 amide bonds. The molecule has 1 saturated heterocycles. The Labute approximate surface area is 157 Å². The number of methoxy groups -OCH3 is 2. The number of rotatable bonds is 7.